The van der Waals surface area contributed by atoms with Crippen molar-refractivity contribution in [1.29, 1.82) is 0 Å². The minimum atomic E-state index is -0.347. The zero-order chi connectivity index (χ0) is 13.0. The highest BCUT2D eigenvalue weighted by atomic mass is 16.3. The molecule has 0 aromatic carbocycles. The van der Waals surface area contributed by atoms with Gasteiger partial charge in [-0.25, -0.2) is 0 Å². The van der Waals surface area contributed by atoms with Gasteiger partial charge in [-0.15, -0.1) is 0 Å². The lowest BCUT2D eigenvalue weighted by molar-refractivity contribution is -0.140. The van der Waals surface area contributed by atoms with Crippen molar-refractivity contribution in [2.24, 2.45) is 17.8 Å². The number of fused-ring (bicyclic) bond motifs is 1. The Balaban J connectivity index is 1.71. The molecule has 1 heterocycles. The Morgan fingerprint density at radius 1 is 1.33 bits per heavy atom. The molecule has 0 aromatic heterocycles. The zero-order valence-electron chi connectivity index (χ0n) is 10.9. The third-order valence-electron chi connectivity index (χ3n) is 5.08. The number of likely N-dealkylation sites (N-methyl/N-ethyl adjacent to an activating group) is 1. The summed E-state index contributed by atoms with van der Waals surface area (Å²) < 4.78 is 0. The van der Waals surface area contributed by atoms with Gasteiger partial charge in [-0.3, -0.25) is 9.59 Å². The van der Waals surface area contributed by atoms with Crippen LogP contribution in [-0.4, -0.2) is 59.0 Å². The van der Waals surface area contributed by atoms with Crippen LogP contribution in [-0.2, 0) is 9.59 Å². The van der Waals surface area contributed by atoms with Gasteiger partial charge < -0.3 is 14.9 Å². The van der Waals surface area contributed by atoms with E-state index in [0.717, 1.165) is 19.4 Å². The monoisotopic (exact) mass is 252 g/mol. The van der Waals surface area contributed by atoms with E-state index in [4.69, 9.17) is 0 Å². The molecule has 1 aliphatic heterocycles. The molecule has 0 spiro atoms. The average molecular weight is 252 g/mol. The summed E-state index contributed by atoms with van der Waals surface area (Å²) in [6.07, 6.45) is 1.79. The number of amides is 2. The third-order valence-corrected chi connectivity index (χ3v) is 5.08. The summed E-state index contributed by atoms with van der Waals surface area (Å²) in [5, 5.41) is 10.2. The van der Waals surface area contributed by atoms with Gasteiger partial charge in [0, 0.05) is 20.5 Å². The van der Waals surface area contributed by atoms with Gasteiger partial charge in [-0.2, -0.15) is 0 Å². The molecule has 2 amide bonds. The summed E-state index contributed by atoms with van der Waals surface area (Å²) in [4.78, 5) is 26.7. The van der Waals surface area contributed by atoms with Gasteiger partial charge in [0.2, 0.25) is 11.8 Å². The third kappa shape index (κ3) is 1.56. The lowest BCUT2D eigenvalue weighted by Crippen LogP contribution is -2.47. The van der Waals surface area contributed by atoms with Crippen LogP contribution in [0.4, 0.5) is 0 Å². The fourth-order valence-corrected chi connectivity index (χ4v) is 4.10. The van der Waals surface area contributed by atoms with Gasteiger partial charge in [0.15, 0.2) is 0 Å². The van der Waals surface area contributed by atoms with Crippen molar-refractivity contribution in [2.45, 2.75) is 31.9 Å². The van der Waals surface area contributed by atoms with E-state index in [1.165, 1.54) is 11.8 Å². The summed E-state index contributed by atoms with van der Waals surface area (Å²) in [5.74, 6) is 1.35. The van der Waals surface area contributed by atoms with Crippen LogP contribution >= 0.6 is 0 Å². The maximum absolute atomic E-state index is 12.2. The number of hydrogen-bond acceptors (Lipinski definition) is 3. The number of rotatable bonds is 2. The molecule has 100 valence electrons. The van der Waals surface area contributed by atoms with Gasteiger partial charge in [-0.05, 0) is 30.6 Å². The second-order valence-electron chi connectivity index (χ2n) is 6.06. The van der Waals surface area contributed by atoms with Gasteiger partial charge in [0.05, 0.1) is 18.7 Å². The molecule has 3 aliphatic rings. The van der Waals surface area contributed by atoms with Crippen LogP contribution in [0.5, 0.6) is 0 Å². The minimum Gasteiger partial charge on any atom is -0.391 e. The highest BCUT2D eigenvalue weighted by Gasteiger charge is 2.59. The molecule has 0 radical (unpaired) electrons. The molecule has 2 aliphatic carbocycles. The Morgan fingerprint density at radius 2 is 2.06 bits per heavy atom. The van der Waals surface area contributed by atoms with Crippen molar-refractivity contribution in [1.82, 2.24) is 9.80 Å². The first-order valence-corrected chi connectivity index (χ1v) is 6.68. The van der Waals surface area contributed by atoms with Crippen molar-refractivity contribution in [3.63, 3.8) is 0 Å². The molecule has 1 saturated heterocycles. The Bertz CT molecular complexity index is 396. The molecule has 3 rings (SSSR count). The van der Waals surface area contributed by atoms with Crippen LogP contribution in [0.2, 0.25) is 0 Å². The summed E-state index contributed by atoms with van der Waals surface area (Å²) in [6, 6.07) is 0.0154. The normalized spacial score (nSPS) is 40.4. The van der Waals surface area contributed by atoms with Gasteiger partial charge in [0.1, 0.15) is 0 Å². The van der Waals surface area contributed by atoms with E-state index in [2.05, 4.69) is 0 Å². The zero-order valence-corrected chi connectivity index (χ0v) is 10.9. The van der Waals surface area contributed by atoms with Crippen LogP contribution in [0.25, 0.3) is 0 Å². The van der Waals surface area contributed by atoms with E-state index in [-0.39, 0.29) is 30.5 Å². The topological polar surface area (TPSA) is 60.9 Å². The van der Waals surface area contributed by atoms with Crippen LogP contribution in [0, 0.1) is 17.8 Å². The van der Waals surface area contributed by atoms with Crippen molar-refractivity contribution in [2.75, 3.05) is 20.1 Å². The number of nitrogens with zero attached hydrogens (tertiary/aromatic N) is 2. The fourth-order valence-electron chi connectivity index (χ4n) is 4.10. The van der Waals surface area contributed by atoms with E-state index in [9.17, 15) is 14.7 Å². The SMILES string of the molecule is CC(=O)N(C)CC(=O)N1CC2CC3CC2C1C3O. The second kappa shape index (κ2) is 3.95. The molecule has 18 heavy (non-hydrogen) atoms. The van der Waals surface area contributed by atoms with E-state index in [1.54, 1.807) is 7.05 Å². The quantitative estimate of drug-likeness (QED) is 0.733. The molecule has 2 saturated carbocycles. The van der Waals surface area contributed by atoms with Crippen molar-refractivity contribution >= 4 is 11.8 Å². The molecule has 5 heteroatoms. The lowest BCUT2D eigenvalue weighted by atomic mass is 9.88. The van der Waals surface area contributed by atoms with Gasteiger partial charge >= 0.3 is 0 Å². The summed E-state index contributed by atoms with van der Waals surface area (Å²) >= 11 is 0. The van der Waals surface area contributed by atoms with Crippen LogP contribution in [0.3, 0.4) is 0 Å². The molecule has 3 fully saturated rings. The van der Waals surface area contributed by atoms with Gasteiger partial charge in [0.25, 0.3) is 0 Å². The van der Waals surface area contributed by atoms with Gasteiger partial charge in [-0.1, -0.05) is 0 Å². The van der Waals surface area contributed by atoms with Crippen molar-refractivity contribution in [3.8, 4) is 0 Å². The molecule has 0 aromatic rings. The van der Waals surface area contributed by atoms with Crippen molar-refractivity contribution < 1.29 is 14.7 Å². The second-order valence-corrected chi connectivity index (χ2v) is 6.06. The Morgan fingerprint density at radius 3 is 2.67 bits per heavy atom. The predicted octanol–water partition coefficient (Wildman–Crippen LogP) is -0.308. The maximum Gasteiger partial charge on any atom is 0.242 e. The smallest absolute Gasteiger partial charge is 0.242 e. The number of aliphatic hydroxyl groups is 1. The molecular formula is C13H20N2O3. The highest BCUT2D eigenvalue weighted by molar-refractivity contribution is 5.84. The Kier molecular flexibility index (Phi) is 2.62. The number of likely N-dealkylation sites (tertiary alicyclic amines) is 1. The first kappa shape index (κ1) is 12.0. The predicted molar refractivity (Wildman–Crippen MR) is 64.5 cm³/mol. The first-order valence-electron chi connectivity index (χ1n) is 6.68. The van der Waals surface area contributed by atoms with Crippen LogP contribution in [0.15, 0.2) is 0 Å². The molecule has 2 bridgehead atoms. The summed E-state index contributed by atoms with van der Waals surface area (Å²) in [6.45, 7) is 2.36. The summed E-state index contributed by atoms with van der Waals surface area (Å²) in [7, 11) is 1.64. The number of hydrogen-bond donors (Lipinski definition) is 1. The Hall–Kier alpha value is -1.10. The molecule has 5 unspecified atom stereocenters. The molecular weight excluding hydrogens is 232 g/mol. The number of carbonyl (C=O) groups excluding carboxylic acids is 2. The van der Waals surface area contributed by atoms with E-state index < -0.39 is 0 Å². The van der Waals surface area contributed by atoms with Crippen molar-refractivity contribution in [3.05, 3.63) is 0 Å². The molecule has 1 N–H and O–H groups in total. The average Bonchev–Trinajstić information content (AvgIpc) is 2.88. The molecule has 5 atom stereocenters. The minimum absolute atomic E-state index is 0.0154. The number of carbonyl (C=O) groups is 2. The highest BCUT2D eigenvalue weighted by Crippen LogP contribution is 2.54. The Labute approximate surface area is 107 Å². The largest absolute Gasteiger partial charge is 0.391 e. The molecule has 5 nitrogen and oxygen atoms in total. The standard InChI is InChI=1S/C13H20N2O3/c1-7(16)14(2)6-11(17)15-5-9-3-8-4-10(9)12(15)13(8)18/h8-10,12-13,18H,3-6H2,1-2H3. The number of aliphatic hydroxyl groups excluding tert-OH is 1. The van der Waals surface area contributed by atoms with E-state index in [1.807, 2.05) is 4.90 Å². The van der Waals surface area contributed by atoms with E-state index >= 15 is 0 Å². The fraction of sp³-hybridized carbons (Fsp3) is 0.846. The van der Waals surface area contributed by atoms with Crippen LogP contribution < -0.4 is 0 Å². The van der Waals surface area contributed by atoms with Crippen LogP contribution in [0.1, 0.15) is 19.8 Å². The summed E-state index contributed by atoms with van der Waals surface area (Å²) in [5.41, 5.74) is 0. The first-order chi connectivity index (χ1) is 8.49. The lowest BCUT2D eigenvalue weighted by Gasteiger charge is -2.30. The maximum atomic E-state index is 12.2. The van der Waals surface area contributed by atoms with E-state index in [0.29, 0.717) is 17.8 Å².